The van der Waals surface area contributed by atoms with Crippen LogP contribution in [0, 0.1) is 22.7 Å². The van der Waals surface area contributed by atoms with E-state index in [0.717, 1.165) is 30.4 Å². The van der Waals surface area contributed by atoms with E-state index in [9.17, 15) is 0 Å². The van der Waals surface area contributed by atoms with Crippen molar-refractivity contribution in [1.82, 2.24) is 0 Å². The fourth-order valence-electron chi connectivity index (χ4n) is 6.29. The van der Waals surface area contributed by atoms with Gasteiger partial charge in [-0.05, 0) is 85.7 Å². The molecule has 0 N–H and O–H groups in total. The van der Waals surface area contributed by atoms with Gasteiger partial charge >= 0.3 is 0 Å². The molecular weight excluding hydrogens is 332 g/mol. The summed E-state index contributed by atoms with van der Waals surface area (Å²) in [6.07, 6.45) is 16.2. The number of furan rings is 1. The molecule has 0 aromatic carbocycles. The van der Waals surface area contributed by atoms with Crippen LogP contribution in [-0.4, -0.2) is 6.61 Å². The first kappa shape index (κ1) is 19.1. The van der Waals surface area contributed by atoms with Gasteiger partial charge in [0.05, 0.1) is 25.2 Å². The Morgan fingerprint density at radius 1 is 1.26 bits per heavy atom. The SMILES string of the molecule is C=C1CCC[C@@H]2[C@@](C)(CCC3=CC[C@H](c4ccoc4)OC3)[C@@H](C)CC[C@@]12C. The summed E-state index contributed by atoms with van der Waals surface area (Å²) in [7, 11) is 0. The van der Waals surface area contributed by atoms with Gasteiger partial charge in [0.15, 0.2) is 0 Å². The van der Waals surface area contributed by atoms with Crippen LogP contribution < -0.4 is 0 Å². The minimum atomic E-state index is 0.168. The van der Waals surface area contributed by atoms with Gasteiger partial charge in [-0.1, -0.05) is 39.0 Å². The van der Waals surface area contributed by atoms with Gasteiger partial charge in [0.1, 0.15) is 0 Å². The second-order valence-electron chi connectivity index (χ2n) is 9.87. The smallest absolute Gasteiger partial charge is 0.0960 e. The molecule has 2 saturated carbocycles. The molecule has 0 amide bonds. The van der Waals surface area contributed by atoms with Crippen LogP contribution in [0.25, 0.3) is 0 Å². The molecule has 27 heavy (non-hydrogen) atoms. The molecule has 2 aliphatic carbocycles. The van der Waals surface area contributed by atoms with E-state index >= 15 is 0 Å². The molecule has 2 fully saturated rings. The molecule has 1 aromatic heterocycles. The topological polar surface area (TPSA) is 22.4 Å². The highest BCUT2D eigenvalue weighted by molar-refractivity contribution is 5.20. The molecule has 2 heterocycles. The number of rotatable bonds is 4. The molecule has 0 radical (unpaired) electrons. The molecule has 0 bridgehead atoms. The molecule has 3 aliphatic rings. The molecule has 4 rings (SSSR count). The lowest BCUT2D eigenvalue weighted by molar-refractivity contribution is -0.0551. The maximum atomic E-state index is 6.14. The van der Waals surface area contributed by atoms with E-state index in [4.69, 9.17) is 9.15 Å². The van der Waals surface area contributed by atoms with Crippen molar-refractivity contribution < 1.29 is 9.15 Å². The predicted octanol–water partition coefficient (Wildman–Crippen LogP) is 7.25. The van der Waals surface area contributed by atoms with Gasteiger partial charge in [0.2, 0.25) is 0 Å². The van der Waals surface area contributed by atoms with Gasteiger partial charge in [-0.15, -0.1) is 0 Å². The molecule has 1 aliphatic heterocycles. The minimum absolute atomic E-state index is 0.168. The summed E-state index contributed by atoms with van der Waals surface area (Å²) in [5, 5.41) is 0. The third kappa shape index (κ3) is 3.35. The Hall–Kier alpha value is -1.28. The van der Waals surface area contributed by atoms with Crippen molar-refractivity contribution in [3.63, 3.8) is 0 Å². The molecule has 0 saturated heterocycles. The second-order valence-corrected chi connectivity index (χ2v) is 9.87. The standard InChI is InChI=1S/C25H36O2/c1-18-6-5-7-23-24(18,3)13-10-19(2)25(23,4)14-11-20-8-9-22(27-16-20)21-12-15-26-17-21/h8,12,15,17,19,22-23H,1,5-7,9-11,13-14,16H2,2-4H3/t19-,22+,23-,24-,25-/m0/s1. The highest BCUT2D eigenvalue weighted by atomic mass is 16.5. The van der Waals surface area contributed by atoms with Crippen LogP contribution in [0.2, 0.25) is 0 Å². The zero-order chi connectivity index (χ0) is 19.1. The lowest BCUT2D eigenvalue weighted by Gasteiger charge is -2.59. The molecule has 0 unspecified atom stereocenters. The highest BCUT2D eigenvalue weighted by Gasteiger charge is 2.53. The van der Waals surface area contributed by atoms with Crippen LogP contribution in [0.4, 0.5) is 0 Å². The summed E-state index contributed by atoms with van der Waals surface area (Å²) in [5.74, 6) is 1.59. The molecule has 5 atom stereocenters. The maximum Gasteiger partial charge on any atom is 0.0960 e. The second kappa shape index (κ2) is 7.28. The summed E-state index contributed by atoms with van der Waals surface area (Å²) in [4.78, 5) is 0. The maximum absolute atomic E-state index is 6.14. The monoisotopic (exact) mass is 368 g/mol. The van der Waals surface area contributed by atoms with Gasteiger partial charge in [-0.25, -0.2) is 0 Å². The van der Waals surface area contributed by atoms with E-state index in [1.807, 2.05) is 12.3 Å². The first-order valence-corrected chi connectivity index (χ1v) is 10.9. The van der Waals surface area contributed by atoms with Crippen molar-refractivity contribution in [2.24, 2.45) is 22.7 Å². The fraction of sp³-hybridized carbons (Fsp3) is 0.680. The number of fused-ring (bicyclic) bond motifs is 1. The zero-order valence-corrected chi connectivity index (χ0v) is 17.4. The molecule has 148 valence electrons. The minimum Gasteiger partial charge on any atom is -0.472 e. The van der Waals surface area contributed by atoms with Crippen LogP contribution in [0.5, 0.6) is 0 Å². The molecule has 1 aromatic rings. The molecule has 2 nitrogen and oxygen atoms in total. The van der Waals surface area contributed by atoms with E-state index in [2.05, 4.69) is 33.4 Å². The van der Waals surface area contributed by atoms with Crippen molar-refractivity contribution >= 4 is 0 Å². The van der Waals surface area contributed by atoms with E-state index in [-0.39, 0.29) is 6.10 Å². The third-order valence-electron chi connectivity index (χ3n) is 8.56. The Kier molecular flexibility index (Phi) is 5.14. The number of hydrogen-bond acceptors (Lipinski definition) is 2. The predicted molar refractivity (Wildman–Crippen MR) is 110 cm³/mol. The summed E-state index contributed by atoms with van der Waals surface area (Å²) < 4.78 is 11.3. The van der Waals surface area contributed by atoms with Crippen molar-refractivity contribution in [2.75, 3.05) is 6.61 Å². The van der Waals surface area contributed by atoms with Gasteiger partial charge in [-0.2, -0.15) is 0 Å². The van der Waals surface area contributed by atoms with E-state index in [0.29, 0.717) is 10.8 Å². The highest BCUT2D eigenvalue weighted by Crippen LogP contribution is 2.62. The largest absolute Gasteiger partial charge is 0.472 e. The Bertz CT molecular complexity index is 700. The average molecular weight is 369 g/mol. The van der Waals surface area contributed by atoms with E-state index < -0.39 is 0 Å². The van der Waals surface area contributed by atoms with Crippen LogP contribution in [0.3, 0.4) is 0 Å². The van der Waals surface area contributed by atoms with Crippen molar-refractivity contribution in [3.05, 3.63) is 48.0 Å². The van der Waals surface area contributed by atoms with Crippen LogP contribution >= 0.6 is 0 Å². The third-order valence-corrected chi connectivity index (χ3v) is 8.56. The number of ether oxygens (including phenoxy) is 1. The van der Waals surface area contributed by atoms with Gasteiger partial charge in [-0.3, -0.25) is 0 Å². The summed E-state index contributed by atoms with van der Waals surface area (Å²) >= 11 is 0. The lowest BCUT2D eigenvalue weighted by atomic mass is 9.46. The van der Waals surface area contributed by atoms with Gasteiger partial charge in [0.25, 0.3) is 0 Å². The first-order valence-electron chi connectivity index (χ1n) is 10.9. The Balaban J connectivity index is 1.44. The van der Waals surface area contributed by atoms with Crippen LogP contribution in [0.15, 0.2) is 46.8 Å². The Morgan fingerprint density at radius 2 is 2.11 bits per heavy atom. The average Bonchev–Trinajstić information content (AvgIpc) is 3.21. The van der Waals surface area contributed by atoms with Gasteiger partial charge in [0, 0.05) is 5.56 Å². The fourth-order valence-corrected chi connectivity index (χ4v) is 6.29. The van der Waals surface area contributed by atoms with Crippen molar-refractivity contribution in [2.45, 2.75) is 78.2 Å². The van der Waals surface area contributed by atoms with Crippen LogP contribution in [-0.2, 0) is 4.74 Å². The first-order chi connectivity index (χ1) is 12.9. The van der Waals surface area contributed by atoms with Crippen LogP contribution in [0.1, 0.15) is 83.8 Å². The molecule has 2 heteroatoms. The van der Waals surface area contributed by atoms with Gasteiger partial charge < -0.3 is 9.15 Å². The van der Waals surface area contributed by atoms with Crippen molar-refractivity contribution in [1.29, 1.82) is 0 Å². The molecule has 0 spiro atoms. The number of hydrogen-bond donors (Lipinski definition) is 0. The Morgan fingerprint density at radius 3 is 2.81 bits per heavy atom. The zero-order valence-electron chi connectivity index (χ0n) is 17.4. The summed E-state index contributed by atoms with van der Waals surface area (Å²) in [6, 6.07) is 2.02. The lowest BCUT2D eigenvalue weighted by Crippen LogP contribution is -2.50. The number of allylic oxidation sites excluding steroid dienone is 1. The normalized spacial score (nSPS) is 39.7. The van der Waals surface area contributed by atoms with E-state index in [1.165, 1.54) is 56.1 Å². The van der Waals surface area contributed by atoms with Crippen molar-refractivity contribution in [3.8, 4) is 0 Å². The molecular formula is C25H36O2. The van der Waals surface area contributed by atoms with E-state index in [1.54, 1.807) is 6.26 Å². The quantitative estimate of drug-likeness (QED) is 0.522. The summed E-state index contributed by atoms with van der Waals surface area (Å²) in [6.45, 7) is 12.9. The summed E-state index contributed by atoms with van der Waals surface area (Å²) in [5.41, 5.74) is 4.96. The Labute approximate surface area is 165 Å².